The average Bonchev–Trinajstić information content (AvgIpc) is 1.88. The molecule has 0 rings (SSSR count). The highest BCUT2D eigenvalue weighted by atomic mass is 16.5. The summed E-state index contributed by atoms with van der Waals surface area (Å²) < 4.78 is 9.62. The van der Waals surface area contributed by atoms with Gasteiger partial charge in [-0.15, -0.1) is 0 Å². The maximum absolute atomic E-state index is 9.82. The molecule has 0 saturated heterocycles. The van der Waals surface area contributed by atoms with E-state index in [1.54, 1.807) is 7.11 Å². The Morgan fingerprint density at radius 1 is 1.40 bits per heavy atom. The standard InChI is InChI=1S/C7H14O3/c1-6(9-3)4-7(2)10-5-8/h5-7H,4H2,1-3H3. The lowest BCUT2D eigenvalue weighted by molar-refractivity contribution is -0.134. The molecule has 3 nitrogen and oxygen atoms in total. The Morgan fingerprint density at radius 3 is 2.40 bits per heavy atom. The number of ether oxygens (including phenoxy) is 2. The molecule has 60 valence electrons. The average molecular weight is 146 g/mol. The zero-order valence-corrected chi connectivity index (χ0v) is 6.66. The highest BCUT2D eigenvalue weighted by Gasteiger charge is 2.06. The number of rotatable bonds is 5. The molecule has 10 heavy (non-hydrogen) atoms. The monoisotopic (exact) mass is 146 g/mol. The van der Waals surface area contributed by atoms with Crippen LogP contribution in [0.25, 0.3) is 0 Å². The van der Waals surface area contributed by atoms with E-state index in [-0.39, 0.29) is 12.2 Å². The molecule has 2 atom stereocenters. The smallest absolute Gasteiger partial charge is 0.293 e. The van der Waals surface area contributed by atoms with E-state index in [9.17, 15) is 4.79 Å². The Hall–Kier alpha value is -0.570. The van der Waals surface area contributed by atoms with E-state index in [0.29, 0.717) is 6.47 Å². The summed E-state index contributed by atoms with van der Waals surface area (Å²) in [7, 11) is 1.64. The van der Waals surface area contributed by atoms with Crippen LogP contribution in [-0.4, -0.2) is 25.8 Å². The second kappa shape index (κ2) is 5.23. The SMILES string of the molecule is COC(C)CC(C)OC=O. The second-order valence-electron chi connectivity index (χ2n) is 2.32. The molecule has 0 fully saturated rings. The second-order valence-corrected chi connectivity index (χ2v) is 2.32. The molecule has 3 heteroatoms. The first-order valence-electron chi connectivity index (χ1n) is 3.32. The quantitative estimate of drug-likeness (QED) is 0.542. The van der Waals surface area contributed by atoms with Gasteiger partial charge in [-0.1, -0.05) is 0 Å². The van der Waals surface area contributed by atoms with Gasteiger partial charge >= 0.3 is 0 Å². The summed E-state index contributed by atoms with van der Waals surface area (Å²) in [6.45, 7) is 4.24. The zero-order chi connectivity index (χ0) is 7.98. The van der Waals surface area contributed by atoms with Crippen molar-refractivity contribution < 1.29 is 14.3 Å². The third kappa shape index (κ3) is 4.32. The van der Waals surface area contributed by atoms with Gasteiger partial charge in [-0.25, -0.2) is 0 Å². The number of carbonyl (C=O) groups excluding carboxylic acids is 1. The van der Waals surface area contributed by atoms with E-state index in [0.717, 1.165) is 6.42 Å². The predicted octanol–water partition coefficient (Wildman–Crippen LogP) is 0.973. The fraction of sp³-hybridized carbons (Fsp3) is 0.857. The van der Waals surface area contributed by atoms with Gasteiger partial charge in [0.25, 0.3) is 6.47 Å². The molecular formula is C7H14O3. The number of hydrogen-bond donors (Lipinski definition) is 0. The minimum atomic E-state index is -0.0487. The Labute approximate surface area is 61.3 Å². The first-order valence-corrected chi connectivity index (χ1v) is 3.32. The first kappa shape index (κ1) is 9.43. The lowest BCUT2D eigenvalue weighted by atomic mass is 10.2. The summed E-state index contributed by atoms with van der Waals surface area (Å²) in [4.78, 5) is 9.82. The topological polar surface area (TPSA) is 35.5 Å². The number of methoxy groups -OCH3 is 1. The van der Waals surface area contributed by atoms with Crippen molar-refractivity contribution in [1.29, 1.82) is 0 Å². The molecule has 0 aromatic heterocycles. The predicted molar refractivity (Wildman–Crippen MR) is 37.7 cm³/mol. The van der Waals surface area contributed by atoms with Crippen LogP contribution in [0.2, 0.25) is 0 Å². The highest BCUT2D eigenvalue weighted by molar-refractivity contribution is 5.37. The van der Waals surface area contributed by atoms with Crippen LogP contribution in [0.1, 0.15) is 20.3 Å². The van der Waals surface area contributed by atoms with Gasteiger partial charge in [0.1, 0.15) is 6.10 Å². The van der Waals surface area contributed by atoms with E-state index in [1.807, 2.05) is 13.8 Å². The molecule has 0 aromatic carbocycles. The first-order chi connectivity index (χ1) is 4.70. The highest BCUT2D eigenvalue weighted by Crippen LogP contribution is 2.02. The van der Waals surface area contributed by atoms with Gasteiger partial charge in [-0.3, -0.25) is 4.79 Å². The van der Waals surface area contributed by atoms with Crippen molar-refractivity contribution >= 4 is 6.47 Å². The third-order valence-corrected chi connectivity index (χ3v) is 1.35. The zero-order valence-electron chi connectivity index (χ0n) is 6.66. The van der Waals surface area contributed by atoms with Crippen LogP contribution in [0.15, 0.2) is 0 Å². The van der Waals surface area contributed by atoms with E-state index in [1.165, 1.54) is 0 Å². The van der Waals surface area contributed by atoms with Crippen LogP contribution in [0.3, 0.4) is 0 Å². The van der Waals surface area contributed by atoms with E-state index < -0.39 is 0 Å². The van der Waals surface area contributed by atoms with Crippen molar-refractivity contribution in [2.75, 3.05) is 7.11 Å². The summed E-state index contributed by atoms with van der Waals surface area (Å²) in [6.07, 6.45) is 0.845. The fourth-order valence-electron chi connectivity index (χ4n) is 0.714. The minimum Gasteiger partial charge on any atom is -0.465 e. The molecule has 0 aromatic rings. The molecule has 0 heterocycles. The normalized spacial score (nSPS) is 15.9. The Balaban J connectivity index is 3.35. The van der Waals surface area contributed by atoms with Crippen molar-refractivity contribution in [3.05, 3.63) is 0 Å². The van der Waals surface area contributed by atoms with Crippen LogP contribution < -0.4 is 0 Å². The number of carbonyl (C=O) groups is 1. The summed E-state index contributed by atoms with van der Waals surface area (Å²) in [5, 5.41) is 0. The van der Waals surface area contributed by atoms with Crippen LogP contribution in [0, 0.1) is 0 Å². The third-order valence-electron chi connectivity index (χ3n) is 1.35. The van der Waals surface area contributed by atoms with Gasteiger partial charge in [-0.2, -0.15) is 0 Å². The van der Waals surface area contributed by atoms with Crippen molar-refractivity contribution in [2.24, 2.45) is 0 Å². The van der Waals surface area contributed by atoms with Crippen molar-refractivity contribution in [1.82, 2.24) is 0 Å². The maximum Gasteiger partial charge on any atom is 0.293 e. The van der Waals surface area contributed by atoms with Gasteiger partial charge < -0.3 is 9.47 Å². The van der Waals surface area contributed by atoms with Crippen LogP contribution >= 0.6 is 0 Å². The molecule has 0 radical (unpaired) electrons. The lowest BCUT2D eigenvalue weighted by Crippen LogP contribution is -2.16. The molecule has 0 aliphatic heterocycles. The van der Waals surface area contributed by atoms with E-state index in [2.05, 4.69) is 4.74 Å². The molecule has 0 amide bonds. The molecule has 0 N–H and O–H groups in total. The van der Waals surface area contributed by atoms with Gasteiger partial charge in [0.15, 0.2) is 0 Å². The summed E-state index contributed by atoms with van der Waals surface area (Å²) in [5.74, 6) is 0. The van der Waals surface area contributed by atoms with Crippen LogP contribution in [0.4, 0.5) is 0 Å². The molecule has 0 saturated carbocycles. The van der Waals surface area contributed by atoms with Gasteiger partial charge in [-0.05, 0) is 13.8 Å². The summed E-state index contributed by atoms with van der Waals surface area (Å²) in [6, 6.07) is 0. The van der Waals surface area contributed by atoms with Crippen LogP contribution in [0.5, 0.6) is 0 Å². The Morgan fingerprint density at radius 2 is 2.00 bits per heavy atom. The number of hydrogen-bond acceptors (Lipinski definition) is 3. The van der Waals surface area contributed by atoms with Crippen molar-refractivity contribution in [3.8, 4) is 0 Å². The fourth-order valence-corrected chi connectivity index (χ4v) is 0.714. The van der Waals surface area contributed by atoms with Gasteiger partial charge in [0, 0.05) is 13.5 Å². The molecule has 2 unspecified atom stereocenters. The van der Waals surface area contributed by atoms with Crippen LogP contribution in [-0.2, 0) is 14.3 Å². The van der Waals surface area contributed by atoms with E-state index in [4.69, 9.17) is 4.74 Å². The summed E-state index contributed by atoms with van der Waals surface area (Å²) >= 11 is 0. The van der Waals surface area contributed by atoms with Gasteiger partial charge in [0.05, 0.1) is 6.10 Å². The molecule has 0 spiro atoms. The molecule has 0 aliphatic rings. The molecule has 0 aliphatic carbocycles. The molecule has 0 bridgehead atoms. The van der Waals surface area contributed by atoms with Gasteiger partial charge in [0.2, 0.25) is 0 Å². The summed E-state index contributed by atoms with van der Waals surface area (Å²) in [5.41, 5.74) is 0. The molecular weight excluding hydrogens is 132 g/mol. The lowest BCUT2D eigenvalue weighted by Gasteiger charge is -2.13. The van der Waals surface area contributed by atoms with Crippen molar-refractivity contribution in [3.63, 3.8) is 0 Å². The van der Waals surface area contributed by atoms with Crippen molar-refractivity contribution in [2.45, 2.75) is 32.5 Å². The van der Waals surface area contributed by atoms with E-state index >= 15 is 0 Å². The largest absolute Gasteiger partial charge is 0.465 e. The minimum absolute atomic E-state index is 0.0487. The Kier molecular flexibility index (Phi) is 4.94. The Bertz CT molecular complexity index is 92.9. The maximum atomic E-state index is 9.82.